The fourth-order valence-electron chi connectivity index (χ4n) is 1.63. The van der Waals surface area contributed by atoms with Crippen LogP contribution in [0.25, 0.3) is 0 Å². The van der Waals surface area contributed by atoms with Crippen LogP contribution >= 0.6 is 11.6 Å². The first-order chi connectivity index (χ1) is 9.53. The largest absolute Gasteiger partial charge is 0.355 e. The topological polar surface area (TPSA) is 64.6 Å². The Morgan fingerprint density at radius 1 is 1.20 bits per heavy atom. The molecule has 0 spiro atoms. The van der Waals surface area contributed by atoms with E-state index in [2.05, 4.69) is 4.72 Å². The number of nitrogens with one attached hydrogen (secondary N) is 1. The second-order valence-corrected chi connectivity index (χ2v) is 6.33. The van der Waals surface area contributed by atoms with Gasteiger partial charge in [0.25, 0.3) is 0 Å². The van der Waals surface area contributed by atoms with Crippen molar-refractivity contribution in [1.29, 1.82) is 0 Å². The van der Waals surface area contributed by atoms with Gasteiger partial charge in [-0.15, -0.1) is 11.6 Å². The monoisotopic (exact) mass is 321 g/mol. The number of hydrogen-bond donors (Lipinski definition) is 1. The van der Waals surface area contributed by atoms with Gasteiger partial charge in [-0.3, -0.25) is 0 Å². The van der Waals surface area contributed by atoms with Gasteiger partial charge < -0.3 is 9.47 Å². The van der Waals surface area contributed by atoms with E-state index in [0.29, 0.717) is 5.88 Å². The molecular formula is C13H20ClNO4S. The van der Waals surface area contributed by atoms with Crippen LogP contribution in [-0.4, -0.2) is 41.4 Å². The summed E-state index contributed by atoms with van der Waals surface area (Å²) >= 11 is 5.62. The van der Waals surface area contributed by atoms with Crippen LogP contribution in [0.1, 0.15) is 12.0 Å². The maximum absolute atomic E-state index is 12.1. The van der Waals surface area contributed by atoms with Gasteiger partial charge in [0.15, 0.2) is 6.29 Å². The number of sulfonamides is 1. The van der Waals surface area contributed by atoms with Crippen LogP contribution in [-0.2, 0) is 25.9 Å². The molecule has 1 aromatic carbocycles. The molecule has 0 aliphatic carbocycles. The average Bonchev–Trinajstić information content (AvgIpc) is 2.46. The Labute approximate surface area is 125 Å². The molecule has 1 rings (SSSR count). The molecule has 114 valence electrons. The Morgan fingerprint density at radius 2 is 1.80 bits per heavy atom. The molecular weight excluding hydrogens is 302 g/mol. The molecule has 0 fully saturated rings. The van der Waals surface area contributed by atoms with E-state index >= 15 is 0 Å². The number of alkyl halides is 1. The van der Waals surface area contributed by atoms with Gasteiger partial charge in [0.2, 0.25) is 10.0 Å². The molecule has 0 bridgehead atoms. The summed E-state index contributed by atoms with van der Waals surface area (Å²) in [5, 5.41) is 0. The molecule has 0 aromatic heterocycles. The van der Waals surface area contributed by atoms with Crippen LogP contribution in [0.15, 0.2) is 29.2 Å². The van der Waals surface area contributed by atoms with E-state index in [4.69, 9.17) is 21.1 Å². The second kappa shape index (κ2) is 8.59. The number of halogens is 1. The van der Waals surface area contributed by atoms with Gasteiger partial charge in [0, 0.05) is 20.1 Å². The molecule has 5 nitrogen and oxygen atoms in total. The summed E-state index contributed by atoms with van der Waals surface area (Å²) in [7, 11) is -0.644. The Hall–Kier alpha value is -0.660. The minimum absolute atomic E-state index is 0.0589. The lowest BCUT2D eigenvalue weighted by Gasteiger charge is -2.14. The lowest BCUT2D eigenvalue weighted by atomic mass is 10.1. The van der Waals surface area contributed by atoms with Gasteiger partial charge in [-0.1, -0.05) is 12.1 Å². The van der Waals surface area contributed by atoms with Crippen molar-refractivity contribution in [3.05, 3.63) is 29.8 Å². The van der Waals surface area contributed by atoms with E-state index in [1.54, 1.807) is 24.3 Å². The third-order valence-electron chi connectivity index (χ3n) is 2.80. The molecule has 0 amide bonds. The van der Waals surface area contributed by atoms with E-state index in [1.807, 2.05) is 0 Å². The molecule has 0 unspecified atom stereocenters. The SMILES string of the molecule is COC(CNS(=O)(=O)c1ccc(CCCCl)cc1)OC. The van der Waals surface area contributed by atoms with Crippen LogP contribution in [0, 0.1) is 0 Å². The first-order valence-electron chi connectivity index (χ1n) is 6.23. The van der Waals surface area contributed by atoms with Crippen molar-refractivity contribution in [2.45, 2.75) is 24.0 Å². The minimum Gasteiger partial charge on any atom is -0.355 e. The van der Waals surface area contributed by atoms with Gasteiger partial charge in [-0.2, -0.15) is 0 Å². The van der Waals surface area contributed by atoms with Gasteiger partial charge in [-0.25, -0.2) is 13.1 Å². The van der Waals surface area contributed by atoms with E-state index in [-0.39, 0.29) is 11.4 Å². The molecule has 0 saturated heterocycles. The van der Waals surface area contributed by atoms with Crippen LogP contribution in [0.4, 0.5) is 0 Å². The molecule has 0 heterocycles. The Morgan fingerprint density at radius 3 is 2.30 bits per heavy atom. The van der Waals surface area contributed by atoms with E-state index in [9.17, 15) is 8.42 Å². The maximum Gasteiger partial charge on any atom is 0.240 e. The molecule has 0 aliphatic heterocycles. The normalized spacial score (nSPS) is 12.0. The van der Waals surface area contributed by atoms with Crippen molar-refractivity contribution < 1.29 is 17.9 Å². The predicted molar refractivity (Wildman–Crippen MR) is 78.5 cm³/mol. The molecule has 0 radical (unpaired) electrons. The van der Waals surface area contributed by atoms with Crippen molar-refractivity contribution >= 4 is 21.6 Å². The fraction of sp³-hybridized carbons (Fsp3) is 0.538. The number of methoxy groups -OCH3 is 2. The first kappa shape index (κ1) is 17.4. The number of hydrogen-bond acceptors (Lipinski definition) is 4. The molecule has 1 aromatic rings. The van der Waals surface area contributed by atoms with E-state index < -0.39 is 16.3 Å². The van der Waals surface area contributed by atoms with Gasteiger partial charge in [-0.05, 0) is 30.5 Å². The highest BCUT2D eigenvalue weighted by Crippen LogP contribution is 2.12. The number of rotatable bonds is 9. The van der Waals surface area contributed by atoms with Crippen LogP contribution in [0.2, 0.25) is 0 Å². The third kappa shape index (κ3) is 5.38. The van der Waals surface area contributed by atoms with Crippen molar-refractivity contribution in [2.24, 2.45) is 0 Å². The number of aryl methyl sites for hydroxylation is 1. The van der Waals surface area contributed by atoms with Crippen molar-refractivity contribution in [3.63, 3.8) is 0 Å². The summed E-state index contributed by atoms with van der Waals surface area (Å²) in [4.78, 5) is 0.220. The van der Waals surface area contributed by atoms with Crippen LogP contribution < -0.4 is 4.72 Å². The third-order valence-corrected chi connectivity index (χ3v) is 4.51. The zero-order valence-electron chi connectivity index (χ0n) is 11.6. The molecule has 7 heteroatoms. The highest BCUT2D eigenvalue weighted by atomic mass is 35.5. The smallest absolute Gasteiger partial charge is 0.240 e. The average molecular weight is 322 g/mol. The number of ether oxygens (including phenoxy) is 2. The van der Waals surface area contributed by atoms with Crippen molar-refractivity contribution in [2.75, 3.05) is 26.6 Å². The zero-order valence-corrected chi connectivity index (χ0v) is 13.2. The van der Waals surface area contributed by atoms with Gasteiger partial charge >= 0.3 is 0 Å². The fourth-order valence-corrected chi connectivity index (χ4v) is 2.78. The summed E-state index contributed by atoms with van der Waals surface area (Å²) in [6, 6.07) is 6.76. The van der Waals surface area contributed by atoms with Gasteiger partial charge in [0.1, 0.15) is 0 Å². The summed E-state index contributed by atoms with van der Waals surface area (Å²) < 4.78 is 36.4. The standard InChI is InChI=1S/C13H20ClNO4S/c1-18-13(19-2)10-15-20(16,17)12-7-5-11(6-8-12)4-3-9-14/h5-8,13,15H,3-4,9-10H2,1-2H3. The minimum atomic E-state index is -3.55. The zero-order chi connectivity index (χ0) is 15.0. The quantitative estimate of drug-likeness (QED) is 0.556. The molecule has 0 saturated carbocycles. The lowest BCUT2D eigenvalue weighted by molar-refractivity contribution is -0.0960. The Kier molecular flexibility index (Phi) is 7.47. The van der Waals surface area contributed by atoms with Crippen LogP contribution in [0.5, 0.6) is 0 Å². The van der Waals surface area contributed by atoms with E-state index in [1.165, 1.54) is 14.2 Å². The van der Waals surface area contributed by atoms with E-state index in [0.717, 1.165) is 18.4 Å². The highest BCUT2D eigenvalue weighted by Gasteiger charge is 2.16. The molecule has 1 N–H and O–H groups in total. The lowest BCUT2D eigenvalue weighted by Crippen LogP contribution is -2.34. The summed E-state index contributed by atoms with van der Waals surface area (Å²) in [6.07, 6.45) is 1.11. The number of benzene rings is 1. The van der Waals surface area contributed by atoms with Crippen molar-refractivity contribution in [1.82, 2.24) is 4.72 Å². The summed E-state index contributed by atoms with van der Waals surface area (Å²) in [5.41, 5.74) is 1.07. The highest BCUT2D eigenvalue weighted by molar-refractivity contribution is 7.89. The molecule has 0 atom stereocenters. The summed E-state index contributed by atoms with van der Waals surface area (Å²) in [5.74, 6) is 0.594. The maximum atomic E-state index is 12.1. The first-order valence-corrected chi connectivity index (χ1v) is 8.25. The predicted octanol–water partition coefficient (Wildman–Crippen LogP) is 1.76. The summed E-state index contributed by atoms with van der Waals surface area (Å²) in [6.45, 7) is 0.0589. The van der Waals surface area contributed by atoms with Crippen LogP contribution in [0.3, 0.4) is 0 Å². The van der Waals surface area contributed by atoms with Crippen molar-refractivity contribution in [3.8, 4) is 0 Å². The van der Waals surface area contributed by atoms with Gasteiger partial charge in [0.05, 0.1) is 11.4 Å². The second-order valence-electron chi connectivity index (χ2n) is 4.19. The Bertz CT molecular complexity index is 486. The Balaban J connectivity index is 2.67. The molecule has 0 aliphatic rings. The molecule has 20 heavy (non-hydrogen) atoms.